The monoisotopic (exact) mass is 999 g/mol. The zero-order valence-corrected chi connectivity index (χ0v) is 48.3. The summed E-state index contributed by atoms with van der Waals surface area (Å²) in [5.74, 6) is 0. The molecule has 8 aromatic rings. The van der Waals surface area contributed by atoms with Crippen LogP contribution in [0.25, 0.3) is 33.2 Å². The van der Waals surface area contributed by atoms with Crippen molar-refractivity contribution in [1.82, 2.24) is 0 Å². The van der Waals surface area contributed by atoms with E-state index in [4.69, 9.17) is 4.42 Å². The highest BCUT2D eigenvalue weighted by Crippen LogP contribution is 2.57. The fourth-order valence-corrected chi connectivity index (χ4v) is 14.7. The number of hydrogen-bond donors (Lipinski definition) is 0. The fourth-order valence-electron chi connectivity index (χ4n) is 14.7. The van der Waals surface area contributed by atoms with Gasteiger partial charge in [-0.05, 0) is 198 Å². The number of nitrogens with zero attached hydrogens (tertiary/aromatic N) is 2. The molecule has 0 spiro atoms. The minimum Gasteiger partial charge on any atom is -0.468 e. The summed E-state index contributed by atoms with van der Waals surface area (Å²) in [6.45, 7) is 36.5. The summed E-state index contributed by atoms with van der Waals surface area (Å²) in [5, 5.41) is 1.20. The molecule has 0 saturated heterocycles. The van der Waals surface area contributed by atoms with Gasteiger partial charge in [0.15, 0.2) is 0 Å². The number of hydrogen-bond acceptors (Lipinski definition) is 3. The molecular weight excluding hydrogens is 920 g/mol. The van der Waals surface area contributed by atoms with Crippen molar-refractivity contribution in [2.24, 2.45) is 0 Å². The minimum atomic E-state index is -0.175. The van der Waals surface area contributed by atoms with Gasteiger partial charge in [-0.15, -0.1) is 0 Å². The molecule has 7 aromatic carbocycles. The van der Waals surface area contributed by atoms with E-state index < -0.39 is 0 Å². The highest BCUT2D eigenvalue weighted by Gasteiger charge is 2.51. The van der Waals surface area contributed by atoms with Crippen LogP contribution < -0.4 is 26.4 Å². The highest BCUT2D eigenvalue weighted by atomic mass is 16.3. The Kier molecular flexibility index (Phi) is 10.5. The summed E-state index contributed by atoms with van der Waals surface area (Å²) >= 11 is 0. The number of rotatable bonds is 4. The molecule has 386 valence electrons. The van der Waals surface area contributed by atoms with Crippen LogP contribution in [-0.2, 0) is 37.9 Å². The second-order valence-electron chi connectivity index (χ2n) is 28.9. The zero-order chi connectivity index (χ0) is 53.4. The van der Waals surface area contributed by atoms with E-state index in [2.05, 4.69) is 247 Å². The molecule has 0 fully saturated rings. The standard InChI is InChI=1S/C72H79BN2O/c1-66(2,3)47-26-28-48(29-27-47)74-60-36-46(44-22-18-16-19-23-44)37-61-63(60)73(65-64(74)50-39-52-56(43-62(50)76-65)72(14,15)35-31-68(52,6)7)57-40-53-55(71(12,13)34-32-69(53,8)9)42-59(57)75(61)58-41-54-51(67(4,5)30-33-70(54,10)11)38-49(58)45-24-20-17-21-25-45/h16-29,36-43H,30-35H2,1-15H3. The lowest BCUT2D eigenvalue weighted by Gasteiger charge is -2.47. The van der Waals surface area contributed by atoms with E-state index >= 15 is 0 Å². The number of anilines is 6. The molecule has 3 nitrogen and oxygen atoms in total. The SMILES string of the molecule is CC(C)(C)c1ccc(N2c3cc(-c4ccccc4)cc4c3B(c3cc5c(cc3N4c3cc4c(cc3-c3ccccc3)C(C)(C)CCC4(C)C)C(C)(C)CCC5(C)C)c3oc4cc5c(cc4c32)C(C)(C)CCC5(C)C)cc1. The number of fused-ring (bicyclic) bond motifs is 9. The quantitative estimate of drug-likeness (QED) is 0.164. The van der Waals surface area contributed by atoms with Gasteiger partial charge in [0.25, 0.3) is 6.71 Å². The first-order valence-electron chi connectivity index (χ1n) is 28.7. The lowest BCUT2D eigenvalue weighted by atomic mass is 9.35. The first-order valence-corrected chi connectivity index (χ1v) is 28.7. The molecule has 76 heavy (non-hydrogen) atoms. The molecule has 0 amide bonds. The third kappa shape index (κ3) is 7.34. The molecule has 0 unspecified atom stereocenters. The molecule has 3 aliphatic carbocycles. The van der Waals surface area contributed by atoms with Crippen molar-refractivity contribution >= 4 is 68.4 Å². The Morgan fingerprint density at radius 3 is 1.39 bits per heavy atom. The van der Waals surface area contributed by atoms with Gasteiger partial charge in [0.2, 0.25) is 0 Å². The summed E-state index contributed by atoms with van der Waals surface area (Å²) in [4.78, 5) is 5.36. The third-order valence-corrected chi connectivity index (χ3v) is 20.0. The molecule has 5 aliphatic rings. The van der Waals surface area contributed by atoms with Crippen molar-refractivity contribution in [2.45, 2.75) is 180 Å². The first kappa shape index (κ1) is 49.3. The normalized spacial score (nSPS) is 19.8. The Morgan fingerprint density at radius 1 is 0.421 bits per heavy atom. The van der Waals surface area contributed by atoms with Gasteiger partial charge in [0, 0.05) is 33.7 Å². The van der Waals surface area contributed by atoms with Crippen LogP contribution in [0.3, 0.4) is 0 Å². The summed E-state index contributed by atoms with van der Waals surface area (Å²) in [6.07, 6.45) is 6.87. The molecule has 0 atom stereocenters. The first-order chi connectivity index (χ1) is 35.8. The van der Waals surface area contributed by atoms with E-state index in [9.17, 15) is 0 Å². The van der Waals surface area contributed by atoms with Gasteiger partial charge in [-0.1, -0.05) is 183 Å². The van der Waals surface area contributed by atoms with Crippen molar-refractivity contribution in [2.75, 3.05) is 9.80 Å². The van der Waals surface area contributed by atoms with Crippen molar-refractivity contribution < 1.29 is 4.42 Å². The maximum absolute atomic E-state index is 7.80. The molecule has 0 saturated carbocycles. The van der Waals surface area contributed by atoms with Gasteiger partial charge in [0.05, 0.1) is 17.0 Å². The summed E-state index contributed by atoms with van der Waals surface area (Å²) in [5.41, 5.74) is 27.0. The van der Waals surface area contributed by atoms with Crippen LogP contribution in [0.2, 0.25) is 0 Å². The Hall–Kier alpha value is -6.26. The van der Waals surface area contributed by atoms with Gasteiger partial charge >= 0.3 is 0 Å². The molecular formula is C72H79BN2O. The van der Waals surface area contributed by atoms with E-state index in [1.165, 1.54) is 106 Å². The van der Waals surface area contributed by atoms with Crippen LogP contribution in [0.5, 0.6) is 0 Å². The molecule has 2 aliphatic heterocycles. The predicted octanol–water partition coefficient (Wildman–Crippen LogP) is 18.2. The lowest BCUT2D eigenvalue weighted by molar-refractivity contribution is 0.332. The number of furan rings is 1. The van der Waals surface area contributed by atoms with Crippen molar-refractivity contribution in [3.63, 3.8) is 0 Å². The van der Waals surface area contributed by atoms with Gasteiger partial charge in [0.1, 0.15) is 5.58 Å². The Labute approximate surface area is 455 Å². The summed E-state index contributed by atoms with van der Waals surface area (Å²) < 4.78 is 7.80. The Morgan fingerprint density at radius 2 is 0.868 bits per heavy atom. The van der Waals surface area contributed by atoms with E-state index in [0.717, 1.165) is 55.5 Å². The maximum Gasteiger partial charge on any atom is 0.297 e. The zero-order valence-electron chi connectivity index (χ0n) is 48.3. The average molecular weight is 999 g/mol. The predicted molar refractivity (Wildman–Crippen MR) is 326 cm³/mol. The van der Waals surface area contributed by atoms with Gasteiger partial charge in [-0.2, -0.15) is 0 Å². The molecule has 13 rings (SSSR count). The van der Waals surface area contributed by atoms with E-state index in [0.29, 0.717) is 0 Å². The van der Waals surface area contributed by atoms with Crippen LogP contribution in [0, 0.1) is 0 Å². The molecule has 1 aromatic heterocycles. The molecule has 0 bridgehead atoms. The largest absolute Gasteiger partial charge is 0.468 e. The van der Waals surface area contributed by atoms with Crippen molar-refractivity contribution in [3.8, 4) is 22.3 Å². The second-order valence-corrected chi connectivity index (χ2v) is 28.9. The van der Waals surface area contributed by atoms with Gasteiger partial charge < -0.3 is 14.2 Å². The van der Waals surface area contributed by atoms with Gasteiger partial charge in [-0.25, -0.2) is 0 Å². The second kappa shape index (κ2) is 16.2. The maximum atomic E-state index is 7.80. The molecule has 4 heteroatoms. The minimum absolute atomic E-state index is 0.00364. The van der Waals surface area contributed by atoms with Crippen LogP contribution in [-0.4, -0.2) is 6.71 Å². The van der Waals surface area contributed by atoms with E-state index in [1.807, 2.05) is 0 Å². The Balaban J connectivity index is 1.22. The summed E-state index contributed by atoms with van der Waals surface area (Å²) in [6, 6.07) is 52.6. The number of benzene rings is 7. The smallest absolute Gasteiger partial charge is 0.297 e. The average Bonchev–Trinajstić information content (AvgIpc) is 3.76. The van der Waals surface area contributed by atoms with Crippen LogP contribution in [0.15, 0.2) is 138 Å². The Bertz CT molecular complexity index is 3690. The molecule has 3 heterocycles. The van der Waals surface area contributed by atoms with E-state index in [1.54, 1.807) is 0 Å². The third-order valence-electron chi connectivity index (χ3n) is 20.0. The fraction of sp³-hybridized carbons (Fsp3) is 0.389. The van der Waals surface area contributed by atoms with Crippen LogP contribution >= 0.6 is 0 Å². The highest BCUT2D eigenvalue weighted by molar-refractivity contribution is 7.00. The topological polar surface area (TPSA) is 19.6 Å². The molecule has 0 N–H and O–H groups in total. The van der Waals surface area contributed by atoms with E-state index in [-0.39, 0.29) is 44.6 Å². The van der Waals surface area contributed by atoms with Gasteiger partial charge in [-0.3, -0.25) is 0 Å². The summed E-state index contributed by atoms with van der Waals surface area (Å²) in [7, 11) is 0. The van der Waals surface area contributed by atoms with Crippen molar-refractivity contribution in [3.05, 3.63) is 172 Å². The lowest BCUT2D eigenvalue weighted by Crippen LogP contribution is -2.61. The molecule has 0 radical (unpaired) electrons. The van der Waals surface area contributed by atoms with Crippen LogP contribution in [0.1, 0.15) is 181 Å². The van der Waals surface area contributed by atoms with Crippen LogP contribution in [0.4, 0.5) is 34.1 Å². The van der Waals surface area contributed by atoms with Crippen molar-refractivity contribution in [1.29, 1.82) is 0 Å².